The number of rotatable bonds is 11. The molecule has 2 aromatic carbocycles. The number of aryl methyl sites for hydroxylation is 1. The van der Waals surface area contributed by atoms with E-state index in [0.717, 1.165) is 24.2 Å². The Morgan fingerprint density at radius 2 is 1.67 bits per heavy atom. The van der Waals surface area contributed by atoms with Crippen LogP contribution in [0.2, 0.25) is 0 Å². The Balaban J connectivity index is 1.83. The molecule has 0 unspecified atom stereocenters. The number of benzene rings is 2. The van der Waals surface area contributed by atoms with Crippen LogP contribution in [0.15, 0.2) is 48.5 Å². The van der Waals surface area contributed by atoms with Gasteiger partial charge in [0.2, 0.25) is 0 Å². The van der Waals surface area contributed by atoms with E-state index in [1.165, 1.54) is 0 Å². The summed E-state index contributed by atoms with van der Waals surface area (Å²) in [6, 6.07) is 15.4. The zero-order valence-electron chi connectivity index (χ0n) is 16.4. The zero-order valence-corrected chi connectivity index (χ0v) is 16.4. The molecule has 0 saturated carbocycles. The third kappa shape index (κ3) is 6.20. The van der Waals surface area contributed by atoms with Gasteiger partial charge in [-0.25, -0.2) is 0 Å². The van der Waals surface area contributed by atoms with E-state index in [-0.39, 0.29) is 5.91 Å². The molecule has 0 aliphatic heterocycles. The number of methoxy groups -OCH3 is 1. The Labute approximate surface area is 161 Å². The predicted octanol–water partition coefficient (Wildman–Crippen LogP) is 4.00. The highest BCUT2D eigenvalue weighted by atomic mass is 16.5. The number of amides is 1. The lowest BCUT2D eigenvalue weighted by atomic mass is 10.1. The predicted molar refractivity (Wildman–Crippen MR) is 107 cm³/mol. The third-order valence-electron chi connectivity index (χ3n) is 4.20. The summed E-state index contributed by atoms with van der Waals surface area (Å²) in [6.07, 6.45) is 1.72. The fourth-order valence-electron chi connectivity index (χ4n) is 2.80. The van der Waals surface area contributed by atoms with Crippen LogP contribution in [0.5, 0.6) is 17.2 Å². The summed E-state index contributed by atoms with van der Waals surface area (Å²) in [5.41, 5.74) is 1.16. The standard InChI is InChI=1S/C22H29NO4/c1-4-18(27-21-15-9-8-14-20(21)25-3)22(24)23-16-10-12-17-11-6-7-13-19(17)26-5-2/h6-9,11,13-15,18H,4-5,10,12,16H2,1-3H3,(H,23,24)/t18-/m0/s1. The topological polar surface area (TPSA) is 56.8 Å². The fourth-order valence-corrected chi connectivity index (χ4v) is 2.80. The normalized spacial score (nSPS) is 11.5. The lowest BCUT2D eigenvalue weighted by Gasteiger charge is -2.19. The quantitative estimate of drug-likeness (QED) is 0.607. The molecule has 146 valence electrons. The number of nitrogens with one attached hydrogen (secondary N) is 1. The maximum Gasteiger partial charge on any atom is 0.261 e. The van der Waals surface area contributed by atoms with Gasteiger partial charge in [-0.15, -0.1) is 0 Å². The first-order valence-electron chi connectivity index (χ1n) is 9.47. The van der Waals surface area contributed by atoms with Crippen molar-refractivity contribution >= 4 is 5.91 Å². The average molecular weight is 371 g/mol. The molecule has 0 aliphatic rings. The minimum absolute atomic E-state index is 0.110. The van der Waals surface area contributed by atoms with E-state index < -0.39 is 6.10 Å². The van der Waals surface area contributed by atoms with E-state index in [9.17, 15) is 4.79 Å². The first-order chi connectivity index (χ1) is 13.2. The molecule has 0 spiro atoms. The number of para-hydroxylation sites is 3. The maximum absolute atomic E-state index is 12.5. The van der Waals surface area contributed by atoms with Crippen LogP contribution in [-0.2, 0) is 11.2 Å². The van der Waals surface area contributed by atoms with Crippen molar-refractivity contribution in [3.8, 4) is 17.2 Å². The summed E-state index contributed by atoms with van der Waals surface area (Å²) in [6.45, 7) is 5.14. The summed E-state index contributed by atoms with van der Waals surface area (Å²) < 4.78 is 16.8. The summed E-state index contributed by atoms with van der Waals surface area (Å²) in [5, 5.41) is 2.97. The van der Waals surface area contributed by atoms with Crippen LogP contribution >= 0.6 is 0 Å². The van der Waals surface area contributed by atoms with Crippen molar-refractivity contribution in [1.29, 1.82) is 0 Å². The molecule has 0 heterocycles. The summed E-state index contributed by atoms with van der Waals surface area (Å²) >= 11 is 0. The van der Waals surface area contributed by atoms with Gasteiger partial charge in [0.1, 0.15) is 5.75 Å². The molecule has 1 amide bonds. The van der Waals surface area contributed by atoms with Crippen LogP contribution in [-0.4, -0.2) is 32.3 Å². The van der Waals surface area contributed by atoms with Crippen LogP contribution in [0.3, 0.4) is 0 Å². The summed E-state index contributed by atoms with van der Waals surface area (Å²) in [4.78, 5) is 12.5. The highest BCUT2D eigenvalue weighted by Gasteiger charge is 2.19. The van der Waals surface area contributed by atoms with Crippen LogP contribution in [0.25, 0.3) is 0 Å². The molecule has 0 aliphatic carbocycles. The van der Waals surface area contributed by atoms with Gasteiger partial charge in [-0.1, -0.05) is 37.3 Å². The molecule has 2 aromatic rings. The van der Waals surface area contributed by atoms with Crippen LogP contribution in [0, 0.1) is 0 Å². The summed E-state index contributed by atoms with van der Waals surface area (Å²) in [5.74, 6) is 2.00. The number of ether oxygens (including phenoxy) is 3. The Kier molecular flexibility index (Phi) is 8.49. The van der Waals surface area contributed by atoms with E-state index in [0.29, 0.717) is 31.1 Å². The minimum atomic E-state index is -0.544. The van der Waals surface area contributed by atoms with Crippen molar-refractivity contribution in [2.24, 2.45) is 0 Å². The van der Waals surface area contributed by atoms with Crippen molar-refractivity contribution in [2.45, 2.75) is 39.2 Å². The molecular weight excluding hydrogens is 342 g/mol. The Morgan fingerprint density at radius 3 is 2.33 bits per heavy atom. The SMILES string of the molecule is CCOc1ccccc1CCCNC(=O)[C@H](CC)Oc1ccccc1OC. The molecule has 1 N–H and O–H groups in total. The number of carbonyl (C=O) groups is 1. The van der Waals surface area contributed by atoms with Crippen molar-refractivity contribution < 1.29 is 19.0 Å². The van der Waals surface area contributed by atoms with Gasteiger partial charge < -0.3 is 19.5 Å². The molecule has 5 nitrogen and oxygen atoms in total. The Morgan fingerprint density at radius 1 is 1.00 bits per heavy atom. The van der Waals surface area contributed by atoms with Gasteiger partial charge in [0.05, 0.1) is 13.7 Å². The van der Waals surface area contributed by atoms with Gasteiger partial charge in [0.25, 0.3) is 5.91 Å². The van der Waals surface area contributed by atoms with Gasteiger partial charge >= 0.3 is 0 Å². The highest BCUT2D eigenvalue weighted by molar-refractivity contribution is 5.81. The number of hydrogen-bond donors (Lipinski definition) is 1. The summed E-state index contributed by atoms with van der Waals surface area (Å²) in [7, 11) is 1.59. The van der Waals surface area contributed by atoms with E-state index in [2.05, 4.69) is 11.4 Å². The first kappa shape index (κ1) is 20.6. The van der Waals surface area contributed by atoms with E-state index in [1.54, 1.807) is 13.2 Å². The number of hydrogen-bond acceptors (Lipinski definition) is 4. The van der Waals surface area contributed by atoms with E-state index in [1.807, 2.05) is 50.2 Å². The second-order valence-corrected chi connectivity index (χ2v) is 6.10. The lowest BCUT2D eigenvalue weighted by Crippen LogP contribution is -2.38. The zero-order chi connectivity index (χ0) is 19.5. The molecule has 0 radical (unpaired) electrons. The molecule has 0 fully saturated rings. The van der Waals surface area contributed by atoms with Gasteiger partial charge in [0.15, 0.2) is 17.6 Å². The third-order valence-corrected chi connectivity index (χ3v) is 4.20. The van der Waals surface area contributed by atoms with Crippen LogP contribution < -0.4 is 19.5 Å². The van der Waals surface area contributed by atoms with Gasteiger partial charge in [-0.05, 0) is 49.9 Å². The molecule has 0 saturated heterocycles. The Hall–Kier alpha value is -2.69. The monoisotopic (exact) mass is 371 g/mol. The van der Waals surface area contributed by atoms with Crippen molar-refractivity contribution in [1.82, 2.24) is 5.32 Å². The lowest BCUT2D eigenvalue weighted by molar-refractivity contribution is -0.128. The molecule has 5 heteroatoms. The minimum Gasteiger partial charge on any atom is -0.494 e. The molecular formula is C22H29NO4. The molecule has 1 atom stereocenters. The van der Waals surface area contributed by atoms with Crippen LogP contribution in [0.1, 0.15) is 32.3 Å². The maximum atomic E-state index is 12.5. The van der Waals surface area contributed by atoms with Gasteiger partial charge in [-0.3, -0.25) is 4.79 Å². The largest absolute Gasteiger partial charge is 0.494 e. The Bertz CT molecular complexity index is 717. The molecule has 0 bridgehead atoms. The second-order valence-electron chi connectivity index (χ2n) is 6.10. The van der Waals surface area contributed by atoms with Crippen molar-refractivity contribution in [3.63, 3.8) is 0 Å². The van der Waals surface area contributed by atoms with Gasteiger partial charge in [0, 0.05) is 6.54 Å². The van der Waals surface area contributed by atoms with E-state index in [4.69, 9.17) is 14.2 Å². The average Bonchev–Trinajstić information content (AvgIpc) is 2.70. The van der Waals surface area contributed by atoms with Gasteiger partial charge in [-0.2, -0.15) is 0 Å². The highest BCUT2D eigenvalue weighted by Crippen LogP contribution is 2.27. The van der Waals surface area contributed by atoms with Crippen molar-refractivity contribution in [3.05, 3.63) is 54.1 Å². The second kappa shape index (κ2) is 11.1. The van der Waals surface area contributed by atoms with E-state index >= 15 is 0 Å². The van der Waals surface area contributed by atoms with Crippen molar-refractivity contribution in [2.75, 3.05) is 20.3 Å². The molecule has 0 aromatic heterocycles. The fraction of sp³-hybridized carbons (Fsp3) is 0.409. The van der Waals surface area contributed by atoms with Crippen LogP contribution in [0.4, 0.5) is 0 Å². The molecule has 2 rings (SSSR count). The first-order valence-corrected chi connectivity index (χ1v) is 9.47. The smallest absolute Gasteiger partial charge is 0.261 e. The number of carbonyl (C=O) groups excluding carboxylic acids is 1. The molecule has 27 heavy (non-hydrogen) atoms.